The summed E-state index contributed by atoms with van der Waals surface area (Å²) in [6.07, 6.45) is 3.85. The van der Waals surface area contributed by atoms with Crippen LogP contribution in [0.3, 0.4) is 0 Å². The number of hydrogen-bond donors (Lipinski definition) is 2. The first-order chi connectivity index (χ1) is 8.28. The van der Waals surface area contributed by atoms with Crippen LogP contribution in [0.2, 0.25) is 0 Å². The van der Waals surface area contributed by atoms with Gasteiger partial charge in [-0.3, -0.25) is 0 Å². The summed E-state index contributed by atoms with van der Waals surface area (Å²) in [5.74, 6) is 0.993. The van der Waals surface area contributed by atoms with Gasteiger partial charge < -0.3 is 10.3 Å². The van der Waals surface area contributed by atoms with Gasteiger partial charge in [0.2, 0.25) is 0 Å². The highest BCUT2D eigenvalue weighted by Crippen LogP contribution is 2.12. The summed E-state index contributed by atoms with van der Waals surface area (Å²) in [6, 6.07) is 0. The van der Waals surface area contributed by atoms with E-state index < -0.39 is 0 Å². The molecule has 0 unspecified atom stereocenters. The Labute approximate surface area is 106 Å². The molecule has 17 heavy (non-hydrogen) atoms. The number of aromatic nitrogens is 3. The second-order valence-corrected chi connectivity index (χ2v) is 5.03. The SMILES string of the molecule is CCCNCc1cnc(Cc2nc(C)cs2)[nH]1. The molecule has 0 radical (unpaired) electrons. The molecule has 0 saturated carbocycles. The maximum Gasteiger partial charge on any atom is 0.113 e. The average molecular weight is 250 g/mol. The highest BCUT2D eigenvalue weighted by atomic mass is 32.1. The summed E-state index contributed by atoms with van der Waals surface area (Å²) in [4.78, 5) is 12.1. The summed E-state index contributed by atoms with van der Waals surface area (Å²) >= 11 is 1.69. The average Bonchev–Trinajstić information content (AvgIpc) is 2.90. The van der Waals surface area contributed by atoms with Crippen LogP contribution in [0.15, 0.2) is 11.6 Å². The van der Waals surface area contributed by atoms with Crippen molar-refractivity contribution in [2.24, 2.45) is 0 Å². The Kier molecular flexibility index (Phi) is 4.28. The largest absolute Gasteiger partial charge is 0.344 e. The van der Waals surface area contributed by atoms with Crippen molar-refractivity contribution in [3.63, 3.8) is 0 Å². The van der Waals surface area contributed by atoms with E-state index >= 15 is 0 Å². The van der Waals surface area contributed by atoms with Gasteiger partial charge in [-0.05, 0) is 19.9 Å². The molecule has 2 aromatic rings. The maximum atomic E-state index is 4.43. The topological polar surface area (TPSA) is 53.6 Å². The van der Waals surface area contributed by atoms with E-state index in [1.54, 1.807) is 11.3 Å². The van der Waals surface area contributed by atoms with Gasteiger partial charge in [0, 0.05) is 29.5 Å². The molecule has 0 aliphatic carbocycles. The lowest BCUT2D eigenvalue weighted by molar-refractivity contribution is 0.665. The van der Waals surface area contributed by atoms with Crippen molar-refractivity contribution in [1.29, 1.82) is 0 Å². The van der Waals surface area contributed by atoms with Crippen molar-refractivity contribution in [2.45, 2.75) is 33.2 Å². The number of thiazole rings is 1. The predicted molar refractivity (Wildman–Crippen MR) is 70.2 cm³/mol. The van der Waals surface area contributed by atoms with Crippen LogP contribution in [-0.2, 0) is 13.0 Å². The monoisotopic (exact) mass is 250 g/mol. The Morgan fingerprint density at radius 3 is 3.06 bits per heavy atom. The molecule has 2 aromatic heterocycles. The lowest BCUT2D eigenvalue weighted by Crippen LogP contribution is -2.13. The molecule has 2 heterocycles. The minimum atomic E-state index is 0.798. The summed E-state index contributed by atoms with van der Waals surface area (Å²) in [7, 11) is 0. The van der Waals surface area contributed by atoms with Gasteiger partial charge in [-0.15, -0.1) is 11.3 Å². The molecule has 2 N–H and O–H groups in total. The number of hydrogen-bond acceptors (Lipinski definition) is 4. The van der Waals surface area contributed by atoms with E-state index in [1.807, 2.05) is 13.1 Å². The number of rotatable bonds is 6. The van der Waals surface area contributed by atoms with Gasteiger partial charge in [-0.2, -0.15) is 0 Å². The second-order valence-electron chi connectivity index (χ2n) is 4.09. The third-order valence-corrected chi connectivity index (χ3v) is 3.38. The molecule has 92 valence electrons. The molecule has 0 amide bonds. The zero-order chi connectivity index (χ0) is 12.1. The first-order valence-electron chi connectivity index (χ1n) is 5.92. The van der Waals surface area contributed by atoms with Crippen molar-refractivity contribution in [2.75, 3.05) is 6.54 Å². The Hall–Kier alpha value is -1.20. The summed E-state index contributed by atoms with van der Waals surface area (Å²) in [6.45, 7) is 6.08. The fourth-order valence-corrected chi connectivity index (χ4v) is 2.39. The van der Waals surface area contributed by atoms with E-state index in [1.165, 1.54) is 0 Å². The van der Waals surface area contributed by atoms with Crippen LogP contribution in [0.1, 0.15) is 35.6 Å². The van der Waals surface area contributed by atoms with Gasteiger partial charge in [0.1, 0.15) is 10.8 Å². The number of aryl methyl sites for hydroxylation is 1. The van der Waals surface area contributed by atoms with E-state index in [-0.39, 0.29) is 0 Å². The summed E-state index contributed by atoms with van der Waals surface area (Å²) in [5, 5.41) is 6.54. The summed E-state index contributed by atoms with van der Waals surface area (Å²) < 4.78 is 0. The molecule has 0 aromatic carbocycles. The number of nitrogens with one attached hydrogen (secondary N) is 2. The first-order valence-corrected chi connectivity index (χ1v) is 6.80. The van der Waals surface area contributed by atoms with Crippen molar-refractivity contribution in [3.8, 4) is 0 Å². The van der Waals surface area contributed by atoms with Crippen molar-refractivity contribution >= 4 is 11.3 Å². The van der Waals surface area contributed by atoms with E-state index in [2.05, 4.69) is 32.6 Å². The number of H-pyrrole nitrogens is 1. The third-order valence-electron chi connectivity index (χ3n) is 2.41. The fraction of sp³-hybridized carbons (Fsp3) is 0.500. The highest BCUT2D eigenvalue weighted by molar-refractivity contribution is 7.09. The number of imidazole rings is 1. The third kappa shape index (κ3) is 3.64. The van der Waals surface area contributed by atoms with Gasteiger partial charge in [-0.1, -0.05) is 6.92 Å². The van der Waals surface area contributed by atoms with E-state index in [0.29, 0.717) is 0 Å². The molecular weight excluding hydrogens is 232 g/mol. The number of aromatic amines is 1. The maximum absolute atomic E-state index is 4.43. The fourth-order valence-electron chi connectivity index (χ4n) is 1.61. The van der Waals surface area contributed by atoms with Gasteiger partial charge >= 0.3 is 0 Å². The van der Waals surface area contributed by atoms with Crippen LogP contribution in [0, 0.1) is 6.92 Å². The normalized spacial score (nSPS) is 10.9. The van der Waals surface area contributed by atoms with E-state index in [4.69, 9.17) is 0 Å². The van der Waals surface area contributed by atoms with Crippen LogP contribution < -0.4 is 5.32 Å². The van der Waals surface area contributed by atoms with Crippen LogP contribution in [0.4, 0.5) is 0 Å². The first kappa shape index (κ1) is 12.3. The molecule has 0 fully saturated rings. The Morgan fingerprint density at radius 2 is 2.35 bits per heavy atom. The Morgan fingerprint density at radius 1 is 1.47 bits per heavy atom. The quantitative estimate of drug-likeness (QED) is 0.773. The van der Waals surface area contributed by atoms with E-state index in [0.717, 1.165) is 48.2 Å². The molecule has 5 heteroatoms. The molecular formula is C12H18N4S. The second kappa shape index (κ2) is 5.93. The standard InChI is InChI=1S/C12H18N4S/c1-3-4-13-6-10-7-14-11(16-10)5-12-15-9(2)8-17-12/h7-8,13H,3-6H2,1-2H3,(H,14,16). The molecule has 4 nitrogen and oxygen atoms in total. The predicted octanol–water partition coefficient (Wildman–Crippen LogP) is 2.27. The molecule has 0 bridgehead atoms. The highest BCUT2D eigenvalue weighted by Gasteiger charge is 2.04. The van der Waals surface area contributed by atoms with Crippen LogP contribution in [-0.4, -0.2) is 21.5 Å². The molecule has 0 aliphatic heterocycles. The van der Waals surface area contributed by atoms with Crippen molar-refractivity contribution < 1.29 is 0 Å². The van der Waals surface area contributed by atoms with Crippen molar-refractivity contribution in [1.82, 2.24) is 20.3 Å². The molecule has 2 rings (SSSR count). The molecule has 0 spiro atoms. The minimum Gasteiger partial charge on any atom is -0.344 e. The zero-order valence-corrected chi connectivity index (χ0v) is 11.1. The molecule has 0 aliphatic rings. The number of nitrogens with zero attached hydrogens (tertiary/aromatic N) is 2. The van der Waals surface area contributed by atoms with Gasteiger partial charge in [0.05, 0.1) is 6.42 Å². The Bertz CT molecular complexity index is 461. The van der Waals surface area contributed by atoms with Crippen molar-refractivity contribution in [3.05, 3.63) is 33.8 Å². The van der Waals surface area contributed by atoms with Gasteiger partial charge in [-0.25, -0.2) is 9.97 Å². The lowest BCUT2D eigenvalue weighted by Gasteiger charge is -1.99. The zero-order valence-electron chi connectivity index (χ0n) is 10.3. The van der Waals surface area contributed by atoms with Crippen LogP contribution in [0.25, 0.3) is 0 Å². The van der Waals surface area contributed by atoms with Gasteiger partial charge in [0.25, 0.3) is 0 Å². The molecule has 0 atom stereocenters. The van der Waals surface area contributed by atoms with E-state index in [9.17, 15) is 0 Å². The van der Waals surface area contributed by atoms with Gasteiger partial charge in [0.15, 0.2) is 0 Å². The smallest absolute Gasteiger partial charge is 0.113 e. The lowest BCUT2D eigenvalue weighted by atomic mass is 10.4. The minimum absolute atomic E-state index is 0.798. The summed E-state index contributed by atoms with van der Waals surface area (Å²) in [5.41, 5.74) is 2.23. The molecule has 0 saturated heterocycles. The van der Waals surface area contributed by atoms with Crippen LogP contribution in [0.5, 0.6) is 0 Å². The van der Waals surface area contributed by atoms with Crippen LogP contribution >= 0.6 is 11.3 Å². The Balaban J connectivity index is 1.89.